The van der Waals surface area contributed by atoms with Crippen LogP contribution in [0.2, 0.25) is 0 Å². The van der Waals surface area contributed by atoms with Crippen LogP contribution in [0.4, 0.5) is 5.69 Å². The maximum Gasteiger partial charge on any atom is 0.269 e. The topological polar surface area (TPSA) is 56.4 Å². The summed E-state index contributed by atoms with van der Waals surface area (Å²) in [5, 5.41) is 3.79. The summed E-state index contributed by atoms with van der Waals surface area (Å²) in [6, 6.07) is 8.01. The van der Waals surface area contributed by atoms with Gasteiger partial charge in [0.2, 0.25) is 0 Å². The van der Waals surface area contributed by atoms with E-state index in [1.54, 1.807) is 0 Å². The molecule has 0 unspecified atom stereocenters. The van der Waals surface area contributed by atoms with Crippen LogP contribution in [0.5, 0.6) is 0 Å². The second-order valence-corrected chi connectivity index (χ2v) is 7.05. The van der Waals surface area contributed by atoms with Crippen molar-refractivity contribution in [2.24, 2.45) is 5.92 Å². The summed E-state index contributed by atoms with van der Waals surface area (Å²) in [6.07, 6.45) is 4.88. The van der Waals surface area contributed by atoms with Gasteiger partial charge in [0.25, 0.3) is 5.91 Å². The molecule has 1 amide bonds. The standard InChI is InChI=1S/C19H30N4OS/c1-4-23(5-2)16-12-10-15(11-13-16)18(24)21-22-19(25)20-17-9-7-6-8-14(17)3/h10-14,17H,4-9H2,1-3H3,(H,21,24)(H2,20,22,25)/t14-,17-/m1/s1. The molecule has 0 bridgehead atoms. The first kappa shape index (κ1) is 19.5. The lowest BCUT2D eigenvalue weighted by Gasteiger charge is -2.30. The van der Waals surface area contributed by atoms with E-state index in [4.69, 9.17) is 12.2 Å². The smallest absolute Gasteiger partial charge is 0.269 e. The number of nitrogens with zero attached hydrogens (tertiary/aromatic N) is 1. The van der Waals surface area contributed by atoms with E-state index in [2.05, 4.69) is 41.8 Å². The Morgan fingerprint density at radius 3 is 2.36 bits per heavy atom. The Kier molecular flexibility index (Phi) is 7.50. The molecular weight excluding hydrogens is 332 g/mol. The van der Waals surface area contributed by atoms with Gasteiger partial charge in [-0.2, -0.15) is 0 Å². The third kappa shape index (κ3) is 5.59. The molecule has 138 valence electrons. The highest BCUT2D eigenvalue weighted by Crippen LogP contribution is 2.23. The van der Waals surface area contributed by atoms with Crippen molar-refractivity contribution in [2.75, 3.05) is 18.0 Å². The van der Waals surface area contributed by atoms with Gasteiger partial charge in [0.15, 0.2) is 5.11 Å². The van der Waals surface area contributed by atoms with Crippen LogP contribution in [0.15, 0.2) is 24.3 Å². The van der Waals surface area contributed by atoms with Crippen molar-refractivity contribution >= 4 is 28.9 Å². The zero-order chi connectivity index (χ0) is 18.2. The van der Waals surface area contributed by atoms with Crippen LogP contribution < -0.4 is 21.1 Å². The number of rotatable bonds is 5. The van der Waals surface area contributed by atoms with E-state index >= 15 is 0 Å². The van der Waals surface area contributed by atoms with Crippen LogP contribution in [-0.4, -0.2) is 30.2 Å². The highest BCUT2D eigenvalue weighted by molar-refractivity contribution is 7.80. The molecule has 1 aromatic rings. The average molecular weight is 363 g/mol. The Morgan fingerprint density at radius 2 is 1.76 bits per heavy atom. The fourth-order valence-corrected chi connectivity index (χ4v) is 3.54. The third-order valence-electron chi connectivity index (χ3n) is 4.98. The summed E-state index contributed by atoms with van der Waals surface area (Å²) in [5.41, 5.74) is 7.22. The average Bonchev–Trinajstić information content (AvgIpc) is 2.63. The molecule has 3 N–H and O–H groups in total. The highest BCUT2D eigenvalue weighted by Gasteiger charge is 2.21. The number of thiocarbonyl (C=S) groups is 1. The van der Waals surface area contributed by atoms with Crippen molar-refractivity contribution in [1.29, 1.82) is 0 Å². The predicted molar refractivity (Wildman–Crippen MR) is 108 cm³/mol. The summed E-state index contributed by atoms with van der Waals surface area (Å²) in [6.45, 7) is 8.38. The van der Waals surface area contributed by atoms with Gasteiger partial charge < -0.3 is 10.2 Å². The van der Waals surface area contributed by atoms with Crippen LogP contribution in [0.1, 0.15) is 56.8 Å². The molecule has 1 aliphatic rings. The van der Waals surface area contributed by atoms with Gasteiger partial charge in [0, 0.05) is 30.4 Å². The number of benzene rings is 1. The number of hydrogen-bond donors (Lipinski definition) is 3. The summed E-state index contributed by atoms with van der Waals surface area (Å²) >= 11 is 5.30. The largest absolute Gasteiger partial charge is 0.372 e. The minimum Gasteiger partial charge on any atom is -0.372 e. The van der Waals surface area contributed by atoms with E-state index in [-0.39, 0.29) is 5.91 Å². The summed E-state index contributed by atoms with van der Waals surface area (Å²) < 4.78 is 0. The van der Waals surface area contributed by atoms with Gasteiger partial charge in [-0.1, -0.05) is 19.8 Å². The van der Waals surface area contributed by atoms with E-state index in [0.717, 1.165) is 25.2 Å². The van der Waals surface area contributed by atoms with Crippen molar-refractivity contribution in [1.82, 2.24) is 16.2 Å². The first-order chi connectivity index (χ1) is 12.0. The number of carbonyl (C=O) groups excluding carboxylic acids is 1. The van der Waals surface area contributed by atoms with Gasteiger partial charge in [0.1, 0.15) is 0 Å². The van der Waals surface area contributed by atoms with Gasteiger partial charge in [0.05, 0.1) is 0 Å². The first-order valence-corrected chi connectivity index (χ1v) is 9.67. The highest BCUT2D eigenvalue weighted by atomic mass is 32.1. The number of hydrogen-bond acceptors (Lipinski definition) is 3. The number of carbonyl (C=O) groups is 1. The number of hydrazine groups is 1. The van der Waals surface area contributed by atoms with Crippen molar-refractivity contribution < 1.29 is 4.79 Å². The van der Waals surface area contributed by atoms with Crippen LogP contribution in [0, 0.1) is 5.92 Å². The summed E-state index contributed by atoms with van der Waals surface area (Å²) in [5.74, 6) is 0.420. The van der Waals surface area contributed by atoms with Gasteiger partial charge in [-0.15, -0.1) is 0 Å². The Morgan fingerprint density at radius 1 is 1.12 bits per heavy atom. The van der Waals surface area contributed by atoms with Gasteiger partial charge in [-0.05, 0) is 69.1 Å². The molecule has 0 aromatic heterocycles. The molecule has 1 aromatic carbocycles. The molecule has 0 radical (unpaired) electrons. The Hall–Kier alpha value is -1.82. The van der Waals surface area contributed by atoms with Gasteiger partial charge in [-0.3, -0.25) is 15.6 Å². The molecule has 0 aliphatic heterocycles. The maximum atomic E-state index is 12.3. The minimum atomic E-state index is -0.188. The second kappa shape index (κ2) is 9.61. The lowest BCUT2D eigenvalue weighted by molar-refractivity contribution is 0.0943. The normalized spacial score (nSPS) is 19.8. The summed E-state index contributed by atoms with van der Waals surface area (Å²) in [7, 11) is 0. The van der Waals surface area contributed by atoms with Crippen molar-refractivity contribution in [3.8, 4) is 0 Å². The van der Waals surface area contributed by atoms with Crippen LogP contribution in [0.3, 0.4) is 0 Å². The van der Waals surface area contributed by atoms with Crippen LogP contribution >= 0.6 is 12.2 Å². The molecule has 0 heterocycles. The SMILES string of the molecule is CCN(CC)c1ccc(C(=O)NNC(=S)N[C@@H]2CCCC[C@H]2C)cc1. The number of anilines is 1. The second-order valence-electron chi connectivity index (χ2n) is 6.64. The molecule has 25 heavy (non-hydrogen) atoms. The Bertz CT molecular complexity index is 571. The third-order valence-corrected chi connectivity index (χ3v) is 5.20. The molecule has 2 atom stereocenters. The molecule has 5 nitrogen and oxygen atoms in total. The lowest BCUT2D eigenvalue weighted by atomic mass is 9.86. The molecule has 0 saturated heterocycles. The predicted octanol–water partition coefficient (Wildman–Crippen LogP) is 3.22. The minimum absolute atomic E-state index is 0.188. The van der Waals surface area contributed by atoms with Crippen LogP contribution in [0.25, 0.3) is 0 Å². The van der Waals surface area contributed by atoms with Gasteiger partial charge in [-0.25, -0.2) is 0 Å². The molecule has 1 aliphatic carbocycles. The molecule has 0 spiro atoms. The first-order valence-electron chi connectivity index (χ1n) is 9.27. The van der Waals surface area contributed by atoms with Crippen LogP contribution in [-0.2, 0) is 0 Å². The molecule has 1 fully saturated rings. The molecule has 2 rings (SSSR count). The lowest BCUT2D eigenvalue weighted by Crippen LogP contribution is -2.51. The number of nitrogens with one attached hydrogen (secondary N) is 3. The monoisotopic (exact) mass is 362 g/mol. The quantitative estimate of drug-likeness (QED) is 0.555. The maximum absolute atomic E-state index is 12.3. The van der Waals surface area contributed by atoms with E-state index in [0.29, 0.717) is 22.6 Å². The van der Waals surface area contributed by atoms with Crippen molar-refractivity contribution in [3.05, 3.63) is 29.8 Å². The van der Waals surface area contributed by atoms with E-state index in [9.17, 15) is 4.79 Å². The van der Waals surface area contributed by atoms with E-state index < -0.39 is 0 Å². The van der Waals surface area contributed by atoms with E-state index in [1.165, 1.54) is 19.3 Å². The zero-order valence-corrected chi connectivity index (χ0v) is 16.3. The fourth-order valence-electron chi connectivity index (χ4n) is 3.33. The Balaban J connectivity index is 1.82. The van der Waals surface area contributed by atoms with E-state index in [1.807, 2.05) is 24.3 Å². The zero-order valence-electron chi connectivity index (χ0n) is 15.5. The number of amides is 1. The fraction of sp³-hybridized carbons (Fsp3) is 0.579. The van der Waals surface area contributed by atoms with Gasteiger partial charge >= 0.3 is 0 Å². The Labute approximate surface area is 156 Å². The van der Waals surface area contributed by atoms with Crippen molar-refractivity contribution in [2.45, 2.75) is 52.5 Å². The molecular formula is C19H30N4OS. The van der Waals surface area contributed by atoms with Crippen molar-refractivity contribution in [3.63, 3.8) is 0 Å². The molecule has 6 heteroatoms. The summed E-state index contributed by atoms with van der Waals surface area (Å²) in [4.78, 5) is 14.5. The molecule has 1 saturated carbocycles.